The van der Waals surface area contributed by atoms with Gasteiger partial charge in [-0.25, -0.2) is 9.48 Å². The van der Waals surface area contributed by atoms with Gasteiger partial charge in [0.25, 0.3) is 11.5 Å². The van der Waals surface area contributed by atoms with E-state index in [-0.39, 0.29) is 11.3 Å². The Bertz CT molecular complexity index is 854. The van der Waals surface area contributed by atoms with Crippen LogP contribution < -0.4 is 10.9 Å². The van der Waals surface area contributed by atoms with Crippen LogP contribution in [0.15, 0.2) is 16.9 Å². The monoisotopic (exact) mass is 363 g/mol. The van der Waals surface area contributed by atoms with Gasteiger partial charge in [-0.2, -0.15) is 5.10 Å². The predicted octanol–water partition coefficient (Wildman–Crippen LogP) is 2.76. The van der Waals surface area contributed by atoms with Gasteiger partial charge in [0.05, 0.1) is 12.7 Å². The molecule has 2 heterocycles. The summed E-state index contributed by atoms with van der Waals surface area (Å²) in [6.45, 7) is 6.14. The number of nitrogens with one attached hydrogen (secondary N) is 1. The molecule has 7 nitrogen and oxygen atoms in total. The zero-order valence-electron chi connectivity index (χ0n) is 14.7. The second kappa shape index (κ2) is 8.06. The lowest BCUT2D eigenvalue weighted by atomic mass is 10.1. The van der Waals surface area contributed by atoms with Crippen LogP contribution in [0.1, 0.15) is 51.1 Å². The van der Waals surface area contributed by atoms with Crippen molar-refractivity contribution >= 4 is 28.2 Å². The summed E-state index contributed by atoms with van der Waals surface area (Å²) in [6, 6.07) is 2.70. The summed E-state index contributed by atoms with van der Waals surface area (Å²) in [6.07, 6.45) is 1.72. The number of nitrogens with zero attached hydrogens (tertiary/aromatic N) is 2. The summed E-state index contributed by atoms with van der Waals surface area (Å²) in [4.78, 5) is 37.2. The number of hydrogen-bond donors (Lipinski definition) is 1. The summed E-state index contributed by atoms with van der Waals surface area (Å²) in [5.74, 6) is -0.977. The fourth-order valence-corrected chi connectivity index (χ4v) is 3.31. The number of rotatable bonds is 6. The van der Waals surface area contributed by atoms with E-state index in [0.29, 0.717) is 17.1 Å². The topological polar surface area (TPSA) is 90.3 Å². The molecule has 2 rings (SSSR count). The Hall–Kier alpha value is -2.48. The first kappa shape index (κ1) is 18.9. The lowest BCUT2D eigenvalue weighted by Crippen LogP contribution is -2.26. The summed E-state index contributed by atoms with van der Waals surface area (Å²) in [7, 11) is 1.30. The molecule has 0 bridgehead atoms. The Kier molecular flexibility index (Phi) is 6.08. The van der Waals surface area contributed by atoms with E-state index < -0.39 is 11.9 Å². The molecule has 0 spiro atoms. The minimum atomic E-state index is -0.502. The molecule has 134 valence electrons. The number of methoxy groups -OCH3 is 1. The zero-order valence-corrected chi connectivity index (χ0v) is 15.5. The molecule has 0 fully saturated rings. The van der Waals surface area contributed by atoms with E-state index in [1.165, 1.54) is 35.3 Å². The molecule has 0 aliphatic rings. The first-order chi connectivity index (χ1) is 11.9. The molecule has 0 unspecified atom stereocenters. The normalized spacial score (nSPS) is 10.6. The highest BCUT2D eigenvalue weighted by molar-refractivity contribution is 7.16. The van der Waals surface area contributed by atoms with Crippen LogP contribution in [0.25, 0.3) is 0 Å². The zero-order chi connectivity index (χ0) is 18.6. The lowest BCUT2D eigenvalue weighted by Gasteiger charge is -2.08. The standard InChI is InChI=1S/C17H21N3O4S/c1-5-6-9-20-13(21)8-7-12(19-20)15(22)18-16-14(17(23)24-4)10(2)11(3)25-16/h7-8H,5-6,9H2,1-4H3,(H,18,22). The van der Waals surface area contributed by atoms with Crippen molar-refractivity contribution in [1.29, 1.82) is 0 Å². The molecule has 2 aromatic heterocycles. The fraction of sp³-hybridized carbons (Fsp3) is 0.412. The van der Waals surface area contributed by atoms with Gasteiger partial charge < -0.3 is 10.1 Å². The predicted molar refractivity (Wildman–Crippen MR) is 96.5 cm³/mol. The van der Waals surface area contributed by atoms with Crippen molar-refractivity contribution in [2.75, 3.05) is 12.4 Å². The van der Waals surface area contributed by atoms with E-state index in [1.54, 1.807) is 6.92 Å². The van der Waals surface area contributed by atoms with E-state index in [2.05, 4.69) is 10.4 Å². The Morgan fingerprint density at radius 1 is 1.32 bits per heavy atom. The van der Waals surface area contributed by atoms with Gasteiger partial charge in [-0.3, -0.25) is 9.59 Å². The summed E-state index contributed by atoms with van der Waals surface area (Å²) in [5, 5.41) is 7.23. The van der Waals surface area contributed by atoms with Crippen molar-refractivity contribution in [2.45, 2.75) is 40.2 Å². The van der Waals surface area contributed by atoms with Gasteiger partial charge in [-0.05, 0) is 31.9 Å². The highest BCUT2D eigenvalue weighted by Crippen LogP contribution is 2.33. The van der Waals surface area contributed by atoms with Crippen molar-refractivity contribution in [1.82, 2.24) is 9.78 Å². The number of carbonyl (C=O) groups excluding carboxylic acids is 2. The first-order valence-corrected chi connectivity index (χ1v) is 8.78. The Labute approximate surface area is 149 Å². The van der Waals surface area contributed by atoms with Crippen LogP contribution in [0, 0.1) is 13.8 Å². The maximum absolute atomic E-state index is 12.5. The van der Waals surface area contributed by atoms with Crippen LogP contribution >= 0.6 is 11.3 Å². The lowest BCUT2D eigenvalue weighted by molar-refractivity contribution is 0.0601. The highest BCUT2D eigenvalue weighted by atomic mass is 32.1. The third-order valence-electron chi connectivity index (χ3n) is 3.82. The van der Waals surface area contributed by atoms with Crippen molar-refractivity contribution < 1.29 is 14.3 Å². The van der Waals surface area contributed by atoms with Gasteiger partial charge >= 0.3 is 5.97 Å². The number of anilines is 1. The number of hydrogen-bond acceptors (Lipinski definition) is 6. The number of esters is 1. The quantitative estimate of drug-likeness (QED) is 0.797. The van der Waals surface area contributed by atoms with Gasteiger partial charge in [-0.1, -0.05) is 13.3 Å². The van der Waals surface area contributed by atoms with E-state index >= 15 is 0 Å². The van der Waals surface area contributed by atoms with E-state index in [9.17, 15) is 14.4 Å². The third-order valence-corrected chi connectivity index (χ3v) is 4.95. The molecule has 2 aromatic rings. The molecule has 0 aromatic carbocycles. The molecule has 8 heteroatoms. The number of aromatic nitrogens is 2. The van der Waals surface area contributed by atoms with Crippen LogP contribution in [0.5, 0.6) is 0 Å². The fourth-order valence-electron chi connectivity index (χ4n) is 2.27. The largest absolute Gasteiger partial charge is 0.465 e. The second-order valence-electron chi connectivity index (χ2n) is 5.57. The summed E-state index contributed by atoms with van der Waals surface area (Å²) in [5.41, 5.74) is 0.990. The number of ether oxygens (including phenoxy) is 1. The molecule has 0 aliphatic heterocycles. The van der Waals surface area contributed by atoms with Crippen LogP contribution in [-0.4, -0.2) is 28.8 Å². The molecule has 1 amide bonds. The van der Waals surface area contributed by atoms with Crippen LogP contribution in [0.3, 0.4) is 0 Å². The highest BCUT2D eigenvalue weighted by Gasteiger charge is 2.22. The van der Waals surface area contributed by atoms with Gasteiger partial charge in [0.15, 0.2) is 0 Å². The van der Waals surface area contributed by atoms with Gasteiger partial charge in [0.2, 0.25) is 0 Å². The van der Waals surface area contributed by atoms with Crippen molar-refractivity contribution in [3.05, 3.63) is 44.2 Å². The number of aryl methyl sites for hydroxylation is 2. The van der Waals surface area contributed by atoms with Crippen LogP contribution in [0.2, 0.25) is 0 Å². The second-order valence-corrected chi connectivity index (χ2v) is 6.79. The number of thiophene rings is 1. The Balaban J connectivity index is 2.30. The molecular formula is C17H21N3O4S. The molecule has 0 atom stereocenters. The van der Waals surface area contributed by atoms with E-state index in [0.717, 1.165) is 23.3 Å². The van der Waals surface area contributed by atoms with Gasteiger partial charge in [-0.15, -0.1) is 11.3 Å². The molecule has 25 heavy (non-hydrogen) atoms. The third kappa shape index (κ3) is 4.14. The minimum Gasteiger partial charge on any atom is -0.465 e. The van der Waals surface area contributed by atoms with Crippen LogP contribution in [0.4, 0.5) is 5.00 Å². The van der Waals surface area contributed by atoms with Crippen molar-refractivity contribution in [3.63, 3.8) is 0 Å². The molecule has 1 N–H and O–H groups in total. The molecular weight excluding hydrogens is 342 g/mol. The van der Waals surface area contributed by atoms with Crippen LogP contribution in [-0.2, 0) is 11.3 Å². The Morgan fingerprint density at radius 2 is 2.04 bits per heavy atom. The minimum absolute atomic E-state index is 0.121. The molecule has 0 saturated carbocycles. The number of unbranched alkanes of at least 4 members (excludes halogenated alkanes) is 1. The van der Waals surface area contributed by atoms with Crippen molar-refractivity contribution in [2.24, 2.45) is 0 Å². The van der Waals surface area contributed by atoms with Gasteiger partial charge in [0.1, 0.15) is 10.7 Å². The van der Waals surface area contributed by atoms with E-state index in [1.807, 2.05) is 13.8 Å². The summed E-state index contributed by atoms with van der Waals surface area (Å²) >= 11 is 1.30. The SMILES string of the molecule is CCCCn1nc(C(=O)Nc2sc(C)c(C)c2C(=O)OC)ccc1=O. The molecule has 0 aliphatic carbocycles. The molecule has 0 saturated heterocycles. The van der Waals surface area contributed by atoms with Gasteiger partial charge in [0, 0.05) is 17.5 Å². The number of carbonyl (C=O) groups is 2. The maximum atomic E-state index is 12.5. The average Bonchev–Trinajstić information content (AvgIpc) is 2.87. The smallest absolute Gasteiger partial charge is 0.341 e. The maximum Gasteiger partial charge on any atom is 0.341 e. The average molecular weight is 363 g/mol. The van der Waals surface area contributed by atoms with E-state index in [4.69, 9.17) is 4.74 Å². The Morgan fingerprint density at radius 3 is 2.68 bits per heavy atom. The first-order valence-electron chi connectivity index (χ1n) is 7.96. The summed E-state index contributed by atoms with van der Waals surface area (Å²) < 4.78 is 6.08. The molecule has 0 radical (unpaired) electrons. The number of amides is 1. The van der Waals surface area contributed by atoms with Crippen molar-refractivity contribution in [3.8, 4) is 0 Å².